The van der Waals surface area contributed by atoms with Crippen LogP contribution in [0.1, 0.15) is 21.5 Å². The van der Waals surface area contributed by atoms with Gasteiger partial charge in [-0.05, 0) is 54.4 Å². The van der Waals surface area contributed by atoms with Gasteiger partial charge >= 0.3 is 6.18 Å². The van der Waals surface area contributed by atoms with Crippen LogP contribution in [0.15, 0.2) is 71.6 Å². The fourth-order valence-corrected chi connectivity index (χ4v) is 4.76. The summed E-state index contributed by atoms with van der Waals surface area (Å²) in [6, 6.07) is 16.8. The second-order valence-electron chi connectivity index (χ2n) is 8.67. The highest BCUT2D eigenvalue weighted by molar-refractivity contribution is 7.90. The number of alkyl halides is 3. The average Bonchev–Trinajstić information content (AvgIpc) is 2.83. The number of anilines is 1. The number of sulfone groups is 1. The van der Waals surface area contributed by atoms with E-state index in [1.165, 1.54) is 30.3 Å². The Bertz CT molecular complexity index is 1330. The molecule has 0 atom stereocenters. The van der Waals surface area contributed by atoms with Gasteiger partial charge in [0.15, 0.2) is 9.84 Å². The van der Waals surface area contributed by atoms with Crippen LogP contribution in [0.4, 0.5) is 18.9 Å². The minimum atomic E-state index is -4.48. The zero-order valence-corrected chi connectivity index (χ0v) is 20.2. The molecule has 1 heterocycles. The lowest BCUT2D eigenvalue weighted by Crippen LogP contribution is -2.48. The summed E-state index contributed by atoms with van der Waals surface area (Å²) in [5.41, 5.74) is 2.36. The lowest BCUT2D eigenvalue weighted by atomic mass is 9.97. The van der Waals surface area contributed by atoms with Crippen molar-refractivity contribution in [1.29, 1.82) is 0 Å². The Morgan fingerprint density at radius 1 is 0.857 bits per heavy atom. The summed E-state index contributed by atoms with van der Waals surface area (Å²) >= 11 is 0. The van der Waals surface area contributed by atoms with E-state index in [9.17, 15) is 26.4 Å². The largest absolute Gasteiger partial charge is 0.416 e. The standard InChI is InChI=1S/C26H25F3N2O3S/c1-18-3-9-21(10-4-18)30-13-15-31(16-14-30)25(32)24-17-22(35(2,33)34)11-12-23(24)19-5-7-20(8-6-19)26(27,28)29/h3-12,17H,13-16H2,1-2H3. The molecule has 1 saturated heterocycles. The second kappa shape index (κ2) is 9.37. The Labute approximate surface area is 202 Å². The number of amides is 1. The monoisotopic (exact) mass is 502 g/mol. The molecule has 35 heavy (non-hydrogen) atoms. The van der Waals surface area contributed by atoms with Crippen molar-refractivity contribution in [2.75, 3.05) is 37.3 Å². The van der Waals surface area contributed by atoms with Crippen LogP contribution in [0.25, 0.3) is 11.1 Å². The maximum absolute atomic E-state index is 13.5. The van der Waals surface area contributed by atoms with E-state index in [2.05, 4.69) is 4.90 Å². The molecule has 1 fully saturated rings. The first-order chi connectivity index (χ1) is 16.4. The number of rotatable bonds is 4. The highest BCUT2D eigenvalue weighted by Crippen LogP contribution is 2.33. The summed E-state index contributed by atoms with van der Waals surface area (Å²) < 4.78 is 63.3. The summed E-state index contributed by atoms with van der Waals surface area (Å²) in [6.07, 6.45) is -3.43. The summed E-state index contributed by atoms with van der Waals surface area (Å²) in [5.74, 6) is -0.353. The van der Waals surface area contributed by atoms with Crippen LogP contribution in [0.5, 0.6) is 0 Å². The molecule has 0 aromatic heterocycles. The molecule has 0 bridgehead atoms. The van der Waals surface area contributed by atoms with Gasteiger partial charge in [0.25, 0.3) is 5.91 Å². The van der Waals surface area contributed by atoms with Gasteiger partial charge in [-0.15, -0.1) is 0 Å². The molecular formula is C26H25F3N2O3S. The van der Waals surface area contributed by atoms with Crippen LogP contribution in [0.2, 0.25) is 0 Å². The van der Waals surface area contributed by atoms with E-state index in [-0.39, 0.29) is 16.4 Å². The summed E-state index contributed by atoms with van der Waals surface area (Å²) in [7, 11) is -3.59. The molecule has 0 unspecified atom stereocenters. The Morgan fingerprint density at radius 2 is 1.46 bits per heavy atom. The quantitative estimate of drug-likeness (QED) is 0.501. The molecule has 0 spiro atoms. The number of carbonyl (C=O) groups excluding carboxylic acids is 1. The molecule has 184 valence electrons. The Kier molecular flexibility index (Phi) is 6.64. The van der Waals surface area contributed by atoms with Gasteiger partial charge in [-0.1, -0.05) is 35.9 Å². The number of nitrogens with zero attached hydrogens (tertiary/aromatic N) is 2. The van der Waals surface area contributed by atoms with Crippen LogP contribution in [0, 0.1) is 6.92 Å². The third-order valence-electron chi connectivity index (χ3n) is 6.14. The highest BCUT2D eigenvalue weighted by Gasteiger charge is 2.30. The summed E-state index contributed by atoms with van der Waals surface area (Å²) in [5, 5.41) is 0. The van der Waals surface area contributed by atoms with Crippen molar-refractivity contribution in [1.82, 2.24) is 4.90 Å². The number of piperazine rings is 1. The van der Waals surface area contributed by atoms with Crippen LogP contribution in [-0.2, 0) is 16.0 Å². The normalized spacial score (nSPS) is 14.8. The third-order valence-corrected chi connectivity index (χ3v) is 7.25. The van der Waals surface area contributed by atoms with Crippen LogP contribution < -0.4 is 4.90 Å². The smallest absolute Gasteiger partial charge is 0.368 e. The predicted molar refractivity (Wildman–Crippen MR) is 129 cm³/mol. The minimum Gasteiger partial charge on any atom is -0.368 e. The molecule has 0 saturated carbocycles. The maximum Gasteiger partial charge on any atom is 0.416 e. The summed E-state index contributed by atoms with van der Waals surface area (Å²) in [4.78, 5) is 17.3. The van der Waals surface area contributed by atoms with Gasteiger partial charge in [-0.2, -0.15) is 13.2 Å². The van der Waals surface area contributed by atoms with Crippen molar-refractivity contribution in [2.45, 2.75) is 18.0 Å². The lowest BCUT2D eigenvalue weighted by Gasteiger charge is -2.36. The van der Waals surface area contributed by atoms with E-state index in [0.717, 1.165) is 29.6 Å². The van der Waals surface area contributed by atoms with E-state index in [0.29, 0.717) is 37.3 Å². The molecule has 1 amide bonds. The minimum absolute atomic E-state index is 0.0187. The van der Waals surface area contributed by atoms with Crippen molar-refractivity contribution >= 4 is 21.4 Å². The van der Waals surface area contributed by atoms with E-state index in [1.807, 2.05) is 31.2 Å². The zero-order valence-electron chi connectivity index (χ0n) is 19.3. The van der Waals surface area contributed by atoms with Gasteiger partial charge in [0.2, 0.25) is 0 Å². The molecule has 3 aromatic carbocycles. The number of halogens is 3. The Balaban J connectivity index is 1.63. The average molecular weight is 503 g/mol. The second-order valence-corrected chi connectivity index (χ2v) is 10.7. The molecule has 0 aliphatic carbocycles. The van der Waals surface area contributed by atoms with Gasteiger partial charge in [-0.25, -0.2) is 8.42 Å². The van der Waals surface area contributed by atoms with Crippen molar-refractivity contribution in [3.05, 3.63) is 83.4 Å². The van der Waals surface area contributed by atoms with E-state index >= 15 is 0 Å². The number of benzene rings is 3. The van der Waals surface area contributed by atoms with Crippen LogP contribution in [-0.4, -0.2) is 51.7 Å². The van der Waals surface area contributed by atoms with Gasteiger partial charge < -0.3 is 9.80 Å². The van der Waals surface area contributed by atoms with Gasteiger partial charge in [0.1, 0.15) is 0 Å². The maximum atomic E-state index is 13.5. The molecule has 0 radical (unpaired) electrons. The molecular weight excluding hydrogens is 477 g/mol. The van der Waals surface area contributed by atoms with Crippen LogP contribution >= 0.6 is 0 Å². The van der Waals surface area contributed by atoms with Gasteiger partial charge in [-0.3, -0.25) is 4.79 Å². The van der Waals surface area contributed by atoms with E-state index in [1.54, 1.807) is 4.90 Å². The molecule has 1 aliphatic rings. The van der Waals surface area contributed by atoms with E-state index < -0.39 is 21.6 Å². The predicted octanol–water partition coefficient (Wildman–Crippen LogP) is 5.05. The zero-order chi connectivity index (χ0) is 25.4. The number of hydrogen-bond donors (Lipinski definition) is 0. The van der Waals surface area contributed by atoms with Gasteiger partial charge in [0.05, 0.1) is 10.5 Å². The first-order valence-corrected chi connectivity index (χ1v) is 13.0. The van der Waals surface area contributed by atoms with Crippen molar-refractivity contribution in [2.24, 2.45) is 0 Å². The molecule has 1 aliphatic heterocycles. The third kappa shape index (κ3) is 5.51. The fraction of sp³-hybridized carbons (Fsp3) is 0.269. The topological polar surface area (TPSA) is 57.7 Å². The highest BCUT2D eigenvalue weighted by atomic mass is 32.2. The molecule has 4 rings (SSSR count). The fourth-order valence-electron chi connectivity index (χ4n) is 4.12. The van der Waals surface area contributed by atoms with Crippen molar-refractivity contribution in [3.8, 4) is 11.1 Å². The Hall–Kier alpha value is -3.33. The summed E-state index contributed by atoms with van der Waals surface area (Å²) in [6.45, 7) is 4.09. The lowest BCUT2D eigenvalue weighted by molar-refractivity contribution is -0.137. The van der Waals surface area contributed by atoms with Gasteiger partial charge in [0, 0.05) is 43.7 Å². The number of hydrogen-bond acceptors (Lipinski definition) is 4. The van der Waals surface area contributed by atoms with Crippen LogP contribution in [0.3, 0.4) is 0 Å². The first-order valence-electron chi connectivity index (χ1n) is 11.1. The number of carbonyl (C=O) groups is 1. The molecule has 0 N–H and O–H groups in total. The first kappa shape index (κ1) is 24.8. The SMILES string of the molecule is Cc1ccc(N2CCN(C(=O)c3cc(S(C)(=O)=O)ccc3-c3ccc(C(F)(F)F)cc3)CC2)cc1. The van der Waals surface area contributed by atoms with E-state index in [4.69, 9.17) is 0 Å². The molecule has 5 nitrogen and oxygen atoms in total. The molecule has 9 heteroatoms. The molecule has 3 aromatic rings. The Morgan fingerprint density at radius 3 is 2.00 bits per heavy atom. The number of aryl methyl sites for hydroxylation is 1. The van der Waals surface area contributed by atoms with Crippen molar-refractivity contribution < 1.29 is 26.4 Å². The van der Waals surface area contributed by atoms with Crippen molar-refractivity contribution in [3.63, 3.8) is 0 Å².